The molecule has 7 nitrogen and oxygen atoms in total. The number of aromatic nitrogens is 4. The Bertz CT molecular complexity index is 1000. The molecule has 0 aliphatic carbocycles. The Labute approximate surface area is 168 Å². The molecule has 8 heteroatoms. The van der Waals surface area contributed by atoms with E-state index in [1.807, 2.05) is 54.0 Å². The molecule has 4 rings (SSSR count). The molecule has 28 heavy (non-hydrogen) atoms. The average molecular weight is 397 g/mol. The molecular formula is C20H21ClN6O. The van der Waals surface area contributed by atoms with Gasteiger partial charge in [-0.25, -0.2) is 9.67 Å². The topological polar surface area (TPSA) is 67.2 Å². The molecule has 1 aromatic carbocycles. The van der Waals surface area contributed by atoms with Crippen molar-refractivity contribution in [3.8, 4) is 5.82 Å². The van der Waals surface area contributed by atoms with Crippen molar-refractivity contribution in [2.45, 2.75) is 20.4 Å². The van der Waals surface area contributed by atoms with Crippen molar-refractivity contribution >= 4 is 23.3 Å². The fourth-order valence-electron chi connectivity index (χ4n) is 3.34. The largest absolute Gasteiger partial charge is 0.344 e. The molecule has 0 radical (unpaired) electrons. The summed E-state index contributed by atoms with van der Waals surface area (Å²) < 4.78 is 1.77. The van der Waals surface area contributed by atoms with Crippen molar-refractivity contribution in [3.63, 3.8) is 0 Å². The molecule has 1 fully saturated rings. The van der Waals surface area contributed by atoms with E-state index in [0.717, 1.165) is 17.0 Å². The Hall–Kier alpha value is -2.93. The van der Waals surface area contributed by atoms with Crippen LogP contribution in [0, 0.1) is 13.8 Å². The van der Waals surface area contributed by atoms with Crippen LogP contribution in [0.2, 0.25) is 5.02 Å². The SMILES string of the molecule is Cc1cc(C)n(-c2cncc(N3CCN(Cc4ccc(Cl)cc4)C(=O)C3)n2)n1. The van der Waals surface area contributed by atoms with Crippen LogP contribution in [-0.4, -0.2) is 50.2 Å². The minimum absolute atomic E-state index is 0.0690. The smallest absolute Gasteiger partial charge is 0.242 e. The number of aryl methyl sites for hydroxylation is 2. The molecule has 1 amide bonds. The van der Waals surface area contributed by atoms with E-state index in [2.05, 4.69) is 15.1 Å². The fraction of sp³-hybridized carbons (Fsp3) is 0.300. The van der Waals surface area contributed by atoms with Crippen molar-refractivity contribution in [3.05, 3.63) is 64.7 Å². The van der Waals surface area contributed by atoms with Gasteiger partial charge in [0.2, 0.25) is 5.91 Å². The lowest BCUT2D eigenvalue weighted by molar-refractivity contribution is -0.131. The van der Waals surface area contributed by atoms with Crippen LogP contribution in [0.3, 0.4) is 0 Å². The van der Waals surface area contributed by atoms with Gasteiger partial charge >= 0.3 is 0 Å². The van der Waals surface area contributed by atoms with Crippen LogP contribution in [0.4, 0.5) is 5.82 Å². The van der Waals surface area contributed by atoms with E-state index in [1.165, 1.54) is 0 Å². The minimum Gasteiger partial charge on any atom is -0.344 e. The Morgan fingerprint density at radius 1 is 1.07 bits per heavy atom. The van der Waals surface area contributed by atoms with Crippen LogP contribution in [0.5, 0.6) is 0 Å². The van der Waals surface area contributed by atoms with Crippen LogP contribution in [0.25, 0.3) is 5.82 Å². The molecule has 0 unspecified atom stereocenters. The molecule has 0 spiro atoms. The van der Waals surface area contributed by atoms with Crippen molar-refractivity contribution in [2.75, 3.05) is 24.5 Å². The van der Waals surface area contributed by atoms with E-state index in [4.69, 9.17) is 11.6 Å². The first-order valence-electron chi connectivity index (χ1n) is 9.12. The highest BCUT2D eigenvalue weighted by Gasteiger charge is 2.25. The molecule has 0 saturated carbocycles. The second-order valence-electron chi connectivity index (χ2n) is 6.94. The maximum Gasteiger partial charge on any atom is 0.242 e. The molecule has 3 aromatic rings. The van der Waals surface area contributed by atoms with E-state index in [-0.39, 0.29) is 12.5 Å². The van der Waals surface area contributed by atoms with Gasteiger partial charge in [0, 0.05) is 30.4 Å². The second kappa shape index (κ2) is 7.59. The van der Waals surface area contributed by atoms with Crippen LogP contribution in [0.15, 0.2) is 42.7 Å². The number of anilines is 1. The number of hydrogen-bond donors (Lipinski definition) is 0. The monoisotopic (exact) mass is 396 g/mol. The van der Waals surface area contributed by atoms with Gasteiger partial charge in [-0.3, -0.25) is 9.78 Å². The van der Waals surface area contributed by atoms with E-state index < -0.39 is 0 Å². The number of carbonyl (C=O) groups is 1. The minimum atomic E-state index is 0.0690. The van der Waals surface area contributed by atoms with Crippen molar-refractivity contribution in [1.29, 1.82) is 0 Å². The van der Waals surface area contributed by atoms with Gasteiger partial charge in [0.1, 0.15) is 5.82 Å². The molecule has 1 saturated heterocycles. The number of carbonyl (C=O) groups excluding carboxylic acids is 1. The number of nitrogens with zero attached hydrogens (tertiary/aromatic N) is 6. The van der Waals surface area contributed by atoms with Crippen LogP contribution in [-0.2, 0) is 11.3 Å². The summed E-state index contributed by atoms with van der Waals surface area (Å²) in [6.45, 7) is 6.12. The lowest BCUT2D eigenvalue weighted by atomic mass is 10.2. The molecule has 3 heterocycles. The van der Waals surface area contributed by atoms with E-state index in [1.54, 1.807) is 17.1 Å². The van der Waals surface area contributed by atoms with Gasteiger partial charge in [-0.1, -0.05) is 23.7 Å². The highest BCUT2D eigenvalue weighted by Crippen LogP contribution is 2.18. The Morgan fingerprint density at radius 2 is 1.82 bits per heavy atom. The van der Waals surface area contributed by atoms with Crippen molar-refractivity contribution in [2.24, 2.45) is 0 Å². The Balaban J connectivity index is 1.47. The number of amides is 1. The Morgan fingerprint density at radius 3 is 2.50 bits per heavy atom. The lowest BCUT2D eigenvalue weighted by Crippen LogP contribution is -2.50. The van der Waals surface area contributed by atoms with Crippen LogP contribution in [0.1, 0.15) is 17.0 Å². The van der Waals surface area contributed by atoms with Crippen molar-refractivity contribution in [1.82, 2.24) is 24.6 Å². The summed E-state index contributed by atoms with van der Waals surface area (Å²) in [6, 6.07) is 9.58. The Kier molecular flexibility index (Phi) is 5.00. The maximum absolute atomic E-state index is 12.7. The zero-order chi connectivity index (χ0) is 19.7. The first-order chi connectivity index (χ1) is 13.5. The molecule has 0 bridgehead atoms. The molecule has 2 aromatic heterocycles. The quantitative estimate of drug-likeness (QED) is 0.678. The highest BCUT2D eigenvalue weighted by molar-refractivity contribution is 6.30. The summed E-state index contributed by atoms with van der Waals surface area (Å²) in [5, 5.41) is 5.15. The third-order valence-corrected chi connectivity index (χ3v) is 5.02. The fourth-order valence-corrected chi connectivity index (χ4v) is 3.47. The first-order valence-corrected chi connectivity index (χ1v) is 9.50. The van der Waals surface area contributed by atoms with Crippen LogP contribution >= 0.6 is 11.6 Å². The highest BCUT2D eigenvalue weighted by atomic mass is 35.5. The predicted molar refractivity (Wildman–Crippen MR) is 108 cm³/mol. The third-order valence-electron chi connectivity index (χ3n) is 4.77. The maximum atomic E-state index is 12.7. The van der Waals surface area contributed by atoms with Gasteiger partial charge in [-0.2, -0.15) is 5.10 Å². The van der Waals surface area contributed by atoms with Gasteiger partial charge in [0.05, 0.1) is 24.6 Å². The van der Waals surface area contributed by atoms with E-state index >= 15 is 0 Å². The molecule has 144 valence electrons. The van der Waals surface area contributed by atoms with E-state index in [9.17, 15) is 4.79 Å². The summed E-state index contributed by atoms with van der Waals surface area (Å²) in [4.78, 5) is 25.5. The van der Waals surface area contributed by atoms with Gasteiger partial charge in [0.15, 0.2) is 5.82 Å². The summed E-state index contributed by atoms with van der Waals surface area (Å²) in [7, 11) is 0. The molecular weight excluding hydrogens is 376 g/mol. The van der Waals surface area contributed by atoms with Gasteiger partial charge in [-0.05, 0) is 37.6 Å². The zero-order valence-electron chi connectivity index (χ0n) is 15.8. The summed E-state index contributed by atoms with van der Waals surface area (Å²) in [5.41, 5.74) is 2.99. The van der Waals surface area contributed by atoms with Gasteiger partial charge < -0.3 is 9.80 Å². The number of halogens is 1. The third kappa shape index (κ3) is 3.84. The van der Waals surface area contributed by atoms with E-state index in [0.29, 0.717) is 36.3 Å². The summed E-state index contributed by atoms with van der Waals surface area (Å²) in [5.74, 6) is 1.41. The number of piperazine rings is 1. The van der Waals surface area contributed by atoms with Crippen LogP contribution < -0.4 is 4.90 Å². The number of rotatable bonds is 4. The van der Waals surface area contributed by atoms with Gasteiger partial charge in [-0.15, -0.1) is 0 Å². The number of hydrogen-bond acceptors (Lipinski definition) is 5. The van der Waals surface area contributed by atoms with Crippen molar-refractivity contribution < 1.29 is 4.79 Å². The van der Waals surface area contributed by atoms with Gasteiger partial charge in [0.25, 0.3) is 0 Å². The number of benzene rings is 1. The average Bonchev–Trinajstić information content (AvgIpc) is 3.03. The lowest BCUT2D eigenvalue weighted by Gasteiger charge is -2.35. The molecule has 0 N–H and O–H groups in total. The molecule has 1 aliphatic rings. The zero-order valence-corrected chi connectivity index (χ0v) is 16.6. The first kappa shape index (κ1) is 18.4. The molecule has 1 aliphatic heterocycles. The standard InChI is InChI=1S/C20H21ClN6O/c1-14-9-15(2)27(24-14)19-11-22-10-18(23-19)25-7-8-26(20(28)13-25)12-16-3-5-17(21)6-4-16/h3-6,9-11H,7-8,12-13H2,1-2H3. The molecule has 0 atom stereocenters. The predicted octanol–water partition coefficient (Wildman–Crippen LogP) is 2.78. The summed E-state index contributed by atoms with van der Waals surface area (Å²) >= 11 is 5.93. The summed E-state index contributed by atoms with van der Waals surface area (Å²) in [6.07, 6.45) is 3.37. The normalized spacial score (nSPS) is 14.6. The second-order valence-corrected chi connectivity index (χ2v) is 7.37.